The Morgan fingerprint density at radius 2 is 2.09 bits per heavy atom. The molecular formula is C17H13ClO5. The first-order chi connectivity index (χ1) is 11.0. The molecule has 3 aliphatic rings. The molecule has 3 atom stereocenters. The van der Waals surface area contributed by atoms with Gasteiger partial charge in [0.1, 0.15) is 6.10 Å². The molecule has 6 heteroatoms. The normalized spacial score (nSPS) is 29.9. The van der Waals surface area contributed by atoms with Gasteiger partial charge in [-0.2, -0.15) is 0 Å². The lowest BCUT2D eigenvalue weighted by atomic mass is 9.98. The van der Waals surface area contributed by atoms with Crippen LogP contribution in [-0.4, -0.2) is 18.2 Å². The average molecular weight is 333 g/mol. The van der Waals surface area contributed by atoms with Gasteiger partial charge in [-0.05, 0) is 36.6 Å². The second-order valence-electron chi connectivity index (χ2n) is 5.81. The largest absolute Gasteiger partial charge is 0.458 e. The maximum atomic E-state index is 12.1. The minimum absolute atomic E-state index is 0.0989. The molecule has 0 spiro atoms. The van der Waals surface area contributed by atoms with Crippen molar-refractivity contribution >= 4 is 23.5 Å². The van der Waals surface area contributed by atoms with Gasteiger partial charge in [0.05, 0.1) is 11.8 Å². The number of esters is 2. The first-order valence-electron chi connectivity index (χ1n) is 7.27. The summed E-state index contributed by atoms with van der Waals surface area (Å²) >= 11 is 6.03. The zero-order chi connectivity index (χ0) is 16.1. The maximum Gasteiger partial charge on any atom is 0.338 e. The van der Waals surface area contributed by atoms with Crippen molar-refractivity contribution in [3.8, 4) is 0 Å². The van der Waals surface area contributed by atoms with Gasteiger partial charge in [-0.25, -0.2) is 9.59 Å². The summed E-state index contributed by atoms with van der Waals surface area (Å²) in [6.45, 7) is 1.65. The van der Waals surface area contributed by atoms with Gasteiger partial charge >= 0.3 is 11.9 Å². The van der Waals surface area contributed by atoms with Crippen LogP contribution >= 0.6 is 11.6 Å². The molecule has 1 fully saturated rings. The Bertz CT molecular complexity index is 779. The second-order valence-corrected chi connectivity index (χ2v) is 6.25. The van der Waals surface area contributed by atoms with Crippen molar-refractivity contribution in [1.29, 1.82) is 0 Å². The Morgan fingerprint density at radius 1 is 1.26 bits per heavy atom. The van der Waals surface area contributed by atoms with E-state index in [0.29, 0.717) is 22.6 Å². The fraction of sp³-hybridized carbons (Fsp3) is 0.294. The van der Waals surface area contributed by atoms with Crippen LogP contribution in [0.5, 0.6) is 0 Å². The third-order valence-electron chi connectivity index (χ3n) is 4.35. The highest BCUT2D eigenvalue weighted by Gasteiger charge is 2.46. The van der Waals surface area contributed by atoms with Crippen molar-refractivity contribution in [2.45, 2.75) is 25.7 Å². The summed E-state index contributed by atoms with van der Waals surface area (Å²) in [5.74, 6) is -0.919. The van der Waals surface area contributed by atoms with Gasteiger partial charge in [0, 0.05) is 22.6 Å². The smallest absolute Gasteiger partial charge is 0.338 e. The molecule has 0 unspecified atom stereocenters. The summed E-state index contributed by atoms with van der Waals surface area (Å²) in [4.78, 5) is 23.4. The number of benzene rings is 1. The van der Waals surface area contributed by atoms with E-state index in [1.165, 1.54) is 6.26 Å². The van der Waals surface area contributed by atoms with Gasteiger partial charge in [-0.1, -0.05) is 17.7 Å². The molecule has 5 nitrogen and oxygen atoms in total. The molecule has 1 aromatic rings. The van der Waals surface area contributed by atoms with Crippen molar-refractivity contribution in [2.75, 3.05) is 0 Å². The number of carbonyl (C=O) groups excluding carboxylic acids is 2. The molecule has 0 amide bonds. The van der Waals surface area contributed by atoms with Crippen LogP contribution in [0.2, 0.25) is 5.02 Å². The lowest BCUT2D eigenvalue weighted by Crippen LogP contribution is -2.11. The van der Waals surface area contributed by atoms with Crippen LogP contribution in [0.25, 0.3) is 0 Å². The SMILES string of the molecule is CC1=C[C@H](O/C=C2/C(=O)O[C@@H]3c4cc(Cl)ccc4C[C@H]23)OC1=O. The molecule has 4 rings (SSSR count). The van der Waals surface area contributed by atoms with E-state index in [9.17, 15) is 9.59 Å². The van der Waals surface area contributed by atoms with Crippen LogP contribution in [0.4, 0.5) is 0 Å². The van der Waals surface area contributed by atoms with Crippen LogP contribution in [0.15, 0.2) is 41.7 Å². The molecule has 0 radical (unpaired) electrons. The Morgan fingerprint density at radius 3 is 2.83 bits per heavy atom. The fourth-order valence-corrected chi connectivity index (χ4v) is 3.36. The van der Waals surface area contributed by atoms with Crippen LogP contribution in [0.1, 0.15) is 24.2 Å². The molecule has 1 aliphatic carbocycles. The van der Waals surface area contributed by atoms with Gasteiger partial charge in [0.25, 0.3) is 6.29 Å². The quantitative estimate of drug-likeness (QED) is 0.473. The second kappa shape index (κ2) is 5.13. The zero-order valence-electron chi connectivity index (χ0n) is 12.2. The van der Waals surface area contributed by atoms with Gasteiger partial charge in [0.15, 0.2) is 0 Å². The van der Waals surface area contributed by atoms with Crippen molar-refractivity contribution in [3.63, 3.8) is 0 Å². The molecular weight excluding hydrogens is 320 g/mol. The highest BCUT2D eigenvalue weighted by atomic mass is 35.5. The third-order valence-corrected chi connectivity index (χ3v) is 4.58. The van der Waals surface area contributed by atoms with Crippen molar-refractivity contribution in [1.82, 2.24) is 0 Å². The Balaban J connectivity index is 1.56. The maximum absolute atomic E-state index is 12.1. The van der Waals surface area contributed by atoms with E-state index in [2.05, 4.69) is 0 Å². The van der Waals surface area contributed by atoms with E-state index in [0.717, 1.165) is 11.1 Å². The van der Waals surface area contributed by atoms with E-state index in [1.807, 2.05) is 18.2 Å². The standard InChI is InChI=1S/C17H13ClO5/c1-8-4-14(22-16(8)19)21-7-13-12-5-9-2-3-10(18)6-11(9)15(12)23-17(13)20/h2-4,6-7,12,14-15H,5H2,1H3/b13-7+/t12-,14-,15-/m1/s1. The van der Waals surface area contributed by atoms with Crippen LogP contribution in [-0.2, 0) is 30.2 Å². The summed E-state index contributed by atoms with van der Waals surface area (Å²) in [5, 5.41) is 0.618. The van der Waals surface area contributed by atoms with Crippen molar-refractivity contribution in [3.05, 3.63) is 57.8 Å². The lowest BCUT2D eigenvalue weighted by molar-refractivity contribution is -0.152. The highest BCUT2D eigenvalue weighted by Crippen LogP contribution is 2.48. The predicted octanol–water partition coefficient (Wildman–Crippen LogP) is 2.84. The van der Waals surface area contributed by atoms with Gasteiger partial charge in [-0.3, -0.25) is 0 Å². The topological polar surface area (TPSA) is 61.8 Å². The van der Waals surface area contributed by atoms with Crippen molar-refractivity contribution in [2.24, 2.45) is 5.92 Å². The number of halogens is 1. The summed E-state index contributed by atoms with van der Waals surface area (Å²) in [6.07, 6.45) is 2.50. The van der Waals surface area contributed by atoms with Gasteiger partial charge in [-0.15, -0.1) is 0 Å². The number of carbonyl (C=O) groups is 2. The molecule has 0 saturated carbocycles. The Labute approximate surface area is 137 Å². The number of hydrogen-bond donors (Lipinski definition) is 0. The van der Waals surface area contributed by atoms with Gasteiger partial charge < -0.3 is 14.2 Å². The van der Waals surface area contributed by atoms with Gasteiger partial charge in [0.2, 0.25) is 0 Å². The zero-order valence-corrected chi connectivity index (χ0v) is 13.0. The number of rotatable bonds is 2. The van der Waals surface area contributed by atoms with Crippen LogP contribution in [0, 0.1) is 5.92 Å². The summed E-state index contributed by atoms with van der Waals surface area (Å²) in [5.41, 5.74) is 3.01. The molecule has 0 N–H and O–H groups in total. The monoisotopic (exact) mass is 332 g/mol. The summed E-state index contributed by atoms with van der Waals surface area (Å²) in [6, 6.07) is 5.62. The molecule has 1 aromatic carbocycles. The molecule has 1 saturated heterocycles. The molecule has 2 heterocycles. The average Bonchev–Trinajstić information content (AvgIpc) is 3.10. The fourth-order valence-electron chi connectivity index (χ4n) is 3.18. The number of hydrogen-bond acceptors (Lipinski definition) is 5. The molecule has 23 heavy (non-hydrogen) atoms. The minimum Gasteiger partial charge on any atom is -0.458 e. The first kappa shape index (κ1) is 14.3. The summed E-state index contributed by atoms with van der Waals surface area (Å²) in [7, 11) is 0. The highest BCUT2D eigenvalue weighted by molar-refractivity contribution is 6.30. The van der Waals surface area contributed by atoms with E-state index < -0.39 is 18.2 Å². The number of cyclic esters (lactones) is 1. The van der Waals surface area contributed by atoms with E-state index in [1.54, 1.807) is 13.0 Å². The van der Waals surface area contributed by atoms with E-state index in [-0.39, 0.29) is 12.0 Å². The first-order valence-corrected chi connectivity index (χ1v) is 7.65. The number of fused-ring (bicyclic) bond motifs is 3. The molecule has 0 aromatic heterocycles. The number of ether oxygens (including phenoxy) is 3. The lowest BCUT2D eigenvalue weighted by Gasteiger charge is -2.09. The summed E-state index contributed by atoms with van der Waals surface area (Å²) < 4.78 is 15.9. The third kappa shape index (κ3) is 2.32. The van der Waals surface area contributed by atoms with E-state index >= 15 is 0 Å². The van der Waals surface area contributed by atoms with Crippen LogP contribution < -0.4 is 0 Å². The minimum atomic E-state index is -0.792. The Hall–Kier alpha value is -2.27. The molecule has 2 aliphatic heterocycles. The van der Waals surface area contributed by atoms with Crippen molar-refractivity contribution < 1.29 is 23.8 Å². The van der Waals surface area contributed by atoms with Crippen LogP contribution in [0.3, 0.4) is 0 Å². The molecule has 118 valence electrons. The molecule has 0 bridgehead atoms. The predicted molar refractivity (Wildman–Crippen MR) is 80.3 cm³/mol. The Kier molecular flexibility index (Phi) is 3.20. The van der Waals surface area contributed by atoms with E-state index in [4.69, 9.17) is 25.8 Å².